The third-order valence-corrected chi connectivity index (χ3v) is 3.83. The molecule has 0 spiro atoms. The zero-order valence-corrected chi connectivity index (χ0v) is 10.7. The van der Waals surface area contributed by atoms with E-state index >= 15 is 0 Å². The minimum Gasteiger partial charge on any atom is -0.207 e. The minimum atomic E-state index is -3.75. The topological polar surface area (TPSA) is 59.9 Å². The number of fused-ring (bicyclic) bond motifs is 1. The Labute approximate surface area is 101 Å². The van der Waals surface area contributed by atoms with E-state index in [1.54, 1.807) is 19.1 Å². The number of halogens is 2. The number of hydrogen-bond donors (Lipinski definition) is 0. The van der Waals surface area contributed by atoms with Crippen LogP contribution in [-0.2, 0) is 9.05 Å². The smallest absolute Gasteiger partial charge is 0.207 e. The SMILES string of the molecule is Cc1ccc2nsnc2c1S(=O)(=O)Cl.Cl. The minimum absolute atomic E-state index is 0. The lowest BCUT2D eigenvalue weighted by atomic mass is 10.2. The fourth-order valence-electron chi connectivity index (χ4n) is 1.24. The molecule has 1 heterocycles. The monoisotopic (exact) mass is 284 g/mol. The van der Waals surface area contributed by atoms with E-state index in [1.165, 1.54) is 0 Å². The summed E-state index contributed by atoms with van der Waals surface area (Å²) in [4.78, 5) is 0.0606. The van der Waals surface area contributed by atoms with Crippen LogP contribution in [0.5, 0.6) is 0 Å². The van der Waals surface area contributed by atoms with E-state index in [-0.39, 0.29) is 17.3 Å². The number of nitrogens with zero attached hydrogens (tertiary/aromatic N) is 2. The fraction of sp³-hybridized carbons (Fsp3) is 0.143. The Kier molecular flexibility index (Phi) is 3.55. The first kappa shape index (κ1) is 12.6. The van der Waals surface area contributed by atoms with E-state index in [4.69, 9.17) is 10.7 Å². The molecule has 0 aliphatic carbocycles. The molecule has 82 valence electrons. The second-order valence-electron chi connectivity index (χ2n) is 2.78. The van der Waals surface area contributed by atoms with Crippen molar-refractivity contribution in [2.75, 3.05) is 0 Å². The number of aromatic nitrogens is 2. The van der Waals surface area contributed by atoms with Crippen LogP contribution < -0.4 is 0 Å². The Morgan fingerprint density at radius 3 is 2.60 bits per heavy atom. The number of benzene rings is 1. The third kappa shape index (κ3) is 2.23. The molecule has 0 radical (unpaired) electrons. The lowest BCUT2D eigenvalue weighted by Crippen LogP contribution is -1.95. The van der Waals surface area contributed by atoms with Crippen molar-refractivity contribution in [1.29, 1.82) is 0 Å². The molecule has 0 N–H and O–H groups in total. The summed E-state index contributed by atoms with van der Waals surface area (Å²) in [5.41, 5.74) is 1.49. The van der Waals surface area contributed by atoms with Crippen LogP contribution >= 0.6 is 34.8 Å². The second-order valence-corrected chi connectivity index (χ2v) is 5.81. The van der Waals surface area contributed by atoms with E-state index in [0.717, 1.165) is 11.7 Å². The fourth-order valence-corrected chi connectivity index (χ4v) is 3.25. The predicted octanol–water partition coefficient (Wildman–Crippen LogP) is 2.35. The maximum absolute atomic E-state index is 11.3. The zero-order chi connectivity index (χ0) is 10.3. The summed E-state index contributed by atoms with van der Waals surface area (Å²) < 4.78 is 30.4. The van der Waals surface area contributed by atoms with Crippen molar-refractivity contribution >= 4 is 54.9 Å². The summed E-state index contributed by atoms with van der Waals surface area (Å²) >= 11 is 0.969. The second kappa shape index (κ2) is 4.21. The van der Waals surface area contributed by atoms with Gasteiger partial charge in [-0.25, -0.2) is 8.42 Å². The molecule has 0 fully saturated rings. The summed E-state index contributed by atoms with van der Waals surface area (Å²) in [6.07, 6.45) is 0. The molecule has 8 heteroatoms. The van der Waals surface area contributed by atoms with Crippen molar-refractivity contribution < 1.29 is 8.42 Å². The van der Waals surface area contributed by atoms with Gasteiger partial charge in [-0.05, 0) is 18.6 Å². The van der Waals surface area contributed by atoms with Crippen LogP contribution in [0, 0.1) is 6.92 Å². The maximum atomic E-state index is 11.3. The van der Waals surface area contributed by atoms with Crippen LogP contribution in [0.25, 0.3) is 11.0 Å². The van der Waals surface area contributed by atoms with Gasteiger partial charge in [0.1, 0.15) is 15.9 Å². The highest BCUT2D eigenvalue weighted by atomic mass is 35.7. The molecule has 2 rings (SSSR count). The summed E-state index contributed by atoms with van der Waals surface area (Å²) in [5.74, 6) is 0. The van der Waals surface area contributed by atoms with E-state index in [9.17, 15) is 8.42 Å². The highest BCUT2D eigenvalue weighted by Crippen LogP contribution is 2.27. The van der Waals surface area contributed by atoms with Crippen LogP contribution in [0.2, 0.25) is 0 Å². The first-order valence-electron chi connectivity index (χ1n) is 3.66. The van der Waals surface area contributed by atoms with Crippen LogP contribution in [0.15, 0.2) is 17.0 Å². The molecule has 0 bridgehead atoms. The molecule has 0 saturated carbocycles. The van der Waals surface area contributed by atoms with Gasteiger partial charge in [-0.2, -0.15) is 8.75 Å². The molecule has 0 amide bonds. The lowest BCUT2D eigenvalue weighted by Gasteiger charge is -2.00. The summed E-state index contributed by atoms with van der Waals surface area (Å²) in [6.45, 7) is 1.67. The summed E-state index contributed by atoms with van der Waals surface area (Å²) in [6, 6.07) is 3.39. The first-order valence-corrected chi connectivity index (χ1v) is 6.70. The Bertz CT molecular complexity index is 594. The Balaban J connectivity index is 0.00000112. The van der Waals surface area contributed by atoms with Crippen molar-refractivity contribution in [2.24, 2.45) is 0 Å². The third-order valence-electron chi connectivity index (χ3n) is 1.82. The first-order chi connectivity index (χ1) is 6.50. The van der Waals surface area contributed by atoms with Crippen LogP contribution in [0.3, 0.4) is 0 Å². The maximum Gasteiger partial charge on any atom is 0.263 e. The lowest BCUT2D eigenvalue weighted by molar-refractivity contribution is 0.610. The van der Waals surface area contributed by atoms with Gasteiger partial charge < -0.3 is 0 Å². The Hall–Kier alpha value is -0.430. The molecule has 0 atom stereocenters. The van der Waals surface area contributed by atoms with Crippen LogP contribution in [0.4, 0.5) is 0 Å². The molecule has 4 nitrogen and oxygen atoms in total. The van der Waals surface area contributed by atoms with Crippen molar-refractivity contribution in [1.82, 2.24) is 8.75 Å². The molecule has 0 saturated heterocycles. The van der Waals surface area contributed by atoms with Crippen LogP contribution in [0.1, 0.15) is 5.56 Å². The predicted molar refractivity (Wildman–Crippen MR) is 62.4 cm³/mol. The van der Waals surface area contributed by atoms with Gasteiger partial charge in [-0.15, -0.1) is 12.4 Å². The molecule has 1 aromatic heterocycles. The molecule has 2 aromatic rings. The Morgan fingerprint density at radius 1 is 1.33 bits per heavy atom. The molecule has 15 heavy (non-hydrogen) atoms. The quantitative estimate of drug-likeness (QED) is 0.755. The zero-order valence-electron chi connectivity index (χ0n) is 7.47. The average Bonchev–Trinajstić information content (AvgIpc) is 2.48. The molecular weight excluding hydrogens is 279 g/mol. The summed E-state index contributed by atoms with van der Waals surface area (Å²) in [7, 11) is 1.56. The van der Waals surface area contributed by atoms with Gasteiger partial charge in [0.2, 0.25) is 0 Å². The highest BCUT2D eigenvalue weighted by molar-refractivity contribution is 8.14. The number of rotatable bonds is 1. The van der Waals surface area contributed by atoms with Gasteiger partial charge in [0, 0.05) is 10.7 Å². The molecular formula is C7H6Cl2N2O2S2. The van der Waals surface area contributed by atoms with Gasteiger partial charge in [0.25, 0.3) is 9.05 Å². The molecule has 1 aromatic carbocycles. The van der Waals surface area contributed by atoms with Crippen molar-refractivity contribution in [3.05, 3.63) is 17.7 Å². The van der Waals surface area contributed by atoms with Gasteiger partial charge in [0.15, 0.2) is 0 Å². The van der Waals surface area contributed by atoms with Gasteiger partial charge in [0.05, 0.1) is 11.7 Å². The molecule has 0 aliphatic rings. The average molecular weight is 285 g/mol. The number of hydrogen-bond acceptors (Lipinski definition) is 5. The van der Waals surface area contributed by atoms with Crippen molar-refractivity contribution in [3.63, 3.8) is 0 Å². The van der Waals surface area contributed by atoms with Crippen molar-refractivity contribution in [3.8, 4) is 0 Å². The van der Waals surface area contributed by atoms with Crippen LogP contribution in [-0.4, -0.2) is 17.2 Å². The van der Waals surface area contributed by atoms with E-state index in [0.29, 0.717) is 16.6 Å². The normalized spacial score (nSPS) is 11.3. The van der Waals surface area contributed by atoms with E-state index in [2.05, 4.69) is 8.75 Å². The highest BCUT2D eigenvalue weighted by Gasteiger charge is 2.19. The van der Waals surface area contributed by atoms with Gasteiger partial charge in [-0.3, -0.25) is 0 Å². The summed E-state index contributed by atoms with van der Waals surface area (Å²) in [5, 5.41) is 0. The largest absolute Gasteiger partial charge is 0.263 e. The standard InChI is InChI=1S/C7H5ClN2O2S2.ClH/c1-4-2-3-5-6(10-13-9-5)7(4)14(8,11)12;/h2-3H,1H3;1H. The number of aryl methyl sites for hydroxylation is 1. The van der Waals surface area contributed by atoms with E-state index < -0.39 is 9.05 Å². The van der Waals surface area contributed by atoms with Crippen molar-refractivity contribution in [2.45, 2.75) is 11.8 Å². The molecule has 0 aliphatic heterocycles. The van der Waals surface area contributed by atoms with Gasteiger partial charge >= 0.3 is 0 Å². The Morgan fingerprint density at radius 2 is 2.00 bits per heavy atom. The molecule has 0 unspecified atom stereocenters. The van der Waals surface area contributed by atoms with E-state index in [1.807, 2.05) is 0 Å². The van der Waals surface area contributed by atoms with Gasteiger partial charge in [-0.1, -0.05) is 6.07 Å².